The predicted octanol–water partition coefficient (Wildman–Crippen LogP) is 2.00. The molecule has 3 rings (SSSR count). The van der Waals surface area contributed by atoms with Gasteiger partial charge in [-0.25, -0.2) is 22.5 Å². The Labute approximate surface area is 173 Å². The highest BCUT2D eigenvalue weighted by Gasteiger charge is 2.25. The van der Waals surface area contributed by atoms with E-state index in [1.54, 1.807) is 48.3 Å². The number of aryl methyl sites for hydroxylation is 1. The largest absolute Gasteiger partial charge is 0.497 e. The number of carbonyl (C=O) groups excluding carboxylic acids is 1. The van der Waals surface area contributed by atoms with Gasteiger partial charge in [-0.2, -0.15) is 0 Å². The first-order chi connectivity index (χ1) is 14.3. The van der Waals surface area contributed by atoms with Gasteiger partial charge in [0.25, 0.3) is 5.91 Å². The number of sulfonamides is 1. The fraction of sp³-hybridized carbons (Fsp3) is 0.200. The summed E-state index contributed by atoms with van der Waals surface area (Å²) in [5, 5.41) is 2.75. The number of hydrogen-bond acceptors (Lipinski definition) is 5. The Kier molecular flexibility index (Phi) is 6.18. The van der Waals surface area contributed by atoms with Crippen LogP contribution in [0.3, 0.4) is 0 Å². The minimum absolute atomic E-state index is 0.216. The number of aromatic nitrogens is 2. The van der Waals surface area contributed by atoms with Crippen molar-refractivity contribution in [3.8, 4) is 5.75 Å². The highest BCUT2D eigenvalue weighted by molar-refractivity contribution is 7.89. The van der Waals surface area contributed by atoms with E-state index in [-0.39, 0.29) is 4.90 Å². The molecule has 0 bridgehead atoms. The molecule has 2 aromatic carbocycles. The van der Waals surface area contributed by atoms with Gasteiger partial charge in [0, 0.05) is 19.4 Å². The van der Waals surface area contributed by atoms with Crippen molar-refractivity contribution in [2.45, 2.75) is 10.9 Å². The molecular formula is C20H21FN4O4S. The number of methoxy groups -OCH3 is 1. The number of carbonyl (C=O) groups is 1. The van der Waals surface area contributed by atoms with E-state index >= 15 is 0 Å². The van der Waals surface area contributed by atoms with Crippen LogP contribution in [0.5, 0.6) is 5.75 Å². The number of rotatable bonds is 7. The van der Waals surface area contributed by atoms with E-state index in [0.717, 1.165) is 18.2 Å². The van der Waals surface area contributed by atoms with E-state index in [2.05, 4.69) is 15.0 Å². The molecule has 3 aromatic rings. The van der Waals surface area contributed by atoms with Gasteiger partial charge in [0.05, 0.1) is 17.6 Å². The minimum atomic E-state index is -3.84. The maximum absolute atomic E-state index is 14.4. The lowest BCUT2D eigenvalue weighted by Gasteiger charge is -2.20. The zero-order valence-electron chi connectivity index (χ0n) is 16.6. The molecule has 0 aliphatic heterocycles. The van der Waals surface area contributed by atoms with Crippen LogP contribution in [0.15, 0.2) is 59.8 Å². The Balaban J connectivity index is 2.02. The van der Waals surface area contributed by atoms with Gasteiger partial charge < -0.3 is 14.6 Å². The summed E-state index contributed by atoms with van der Waals surface area (Å²) in [6, 6.07) is 9.34. The summed E-state index contributed by atoms with van der Waals surface area (Å²) in [5.41, 5.74) is 0.268. The molecule has 0 radical (unpaired) electrons. The minimum Gasteiger partial charge on any atom is -0.497 e. The first kappa shape index (κ1) is 21.5. The van der Waals surface area contributed by atoms with E-state index in [0.29, 0.717) is 17.1 Å². The van der Waals surface area contributed by atoms with Crippen LogP contribution in [0.1, 0.15) is 27.8 Å². The summed E-state index contributed by atoms with van der Waals surface area (Å²) in [4.78, 5) is 17.0. The number of ether oxygens (including phenoxy) is 1. The third-order valence-electron chi connectivity index (χ3n) is 4.58. The average molecular weight is 432 g/mol. The van der Waals surface area contributed by atoms with Crippen molar-refractivity contribution in [1.29, 1.82) is 0 Å². The van der Waals surface area contributed by atoms with Crippen molar-refractivity contribution >= 4 is 15.9 Å². The summed E-state index contributed by atoms with van der Waals surface area (Å²) in [6.45, 7) is 0. The fourth-order valence-electron chi connectivity index (χ4n) is 2.95. The van der Waals surface area contributed by atoms with Crippen LogP contribution < -0.4 is 14.8 Å². The quantitative estimate of drug-likeness (QED) is 0.595. The van der Waals surface area contributed by atoms with Crippen molar-refractivity contribution < 1.29 is 22.3 Å². The summed E-state index contributed by atoms with van der Waals surface area (Å²) in [5.74, 6) is -0.534. The summed E-state index contributed by atoms with van der Waals surface area (Å²) < 4.78 is 47.6. The number of amides is 1. The summed E-state index contributed by atoms with van der Waals surface area (Å²) in [7, 11) is 0.685. The molecule has 0 fully saturated rings. The average Bonchev–Trinajstić information content (AvgIpc) is 3.17. The third kappa shape index (κ3) is 4.34. The van der Waals surface area contributed by atoms with Gasteiger partial charge in [0.1, 0.15) is 23.4 Å². The molecule has 30 heavy (non-hydrogen) atoms. The number of imidazole rings is 1. The van der Waals surface area contributed by atoms with Gasteiger partial charge >= 0.3 is 0 Å². The first-order valence-electron chi connectivity index (χ1n) is 8.92. The molecule has 1 amide bonds. The number of halogens is 1. The second-order valence-corrected chi connectivity index (χ2v) is 8.32. The molecule has 8 nitrogen and oxygen atoms in total. The van der Waals surface area contributed by atoms with Gasteiger partial charge in [0.2, 0.25) is 10.0 Å². The van der Waals surface area contributed by atoms with Gasteiger partial charge in [-0.15, -0.1) is 0 Å². The molecule has 158 valence electrons. The Morgan fingerprint density at radius 1 is 1.23 bits per heavy atom. The SMILES string of the molecule is CNS(=O)(=O)c1ccc(F)c(C(=O)NC(c2cccc(OC)c2)c2nccn2C)c1. The lowest BCUT2D eigenvalue weighted by atomic mass is 10.0. The molecule has 0 saturated heterocycles. The maximum atomic E-state index is 14.4. The van der Waals surface area contributed by atoms with Crippen molar-refractivity contribution in [2.24, 2.45) is 7.05 Å². The van der Waals surface area contributed by atoms with Crippen LogP contribution >= 0.6 is 0 Å². The molecule has 0 aliphatic carbocycles. The molecule has 1 heterocycles. The van der Waals surface area contributed by atoms with Crippen LogP contribution in [0.4, 0.5) is 4.39 Å². The second-order valence-electron chi connectivity index (χ2n) is 6.43. The van der Waals surface area contributed by atoms with Gasteiger partial charge in [0.15, 0.2) is 0 Å². The van der Waals surface area contributed by atoms with Crippen molar-refractivity contribution in [3.05, 3.63) is 77.6 Å². The first-order valence-corrected chi connectivity index (χ1v) is 10.4. The molecule has 2 N–H and O–H groups in total. The second kappa shape index (κ2) is 8.64. The van der Waals surface area contributed by atoms with E-state index in [4.69, 9.17) is 4.74 Å². The Bertz CT molecular complexity index is 1180. The molecular weight excluding hydrogens is 411 g/mol. The zero-order chi connectivity index (χ0) is 21.9. The smallest absolute Gasteiger partial charge is 0.255 e. The molecule has 1 aromatic heterocycles. The van der Waals surface area contributed by atoms with Crippen molar-refractivity contribution in [2.75, 3.05) is 14.2 Å². The van der Waals surface area contributed by atoms with Crippen molar-refractivity contribution in [1.82, 2.24) is 19.6 Å². The standard InChI is InChI=1S/C20H21FN4O4S/c1-22-30(27,28)15-7-8-17(21)16(12-15)20(26)24-18(19-23-9-10-25(19)2)13-5-4-6-14(11-13)29-3/h4-12,18,22H,1-3H3,(H,24,26). The van der Waals surface area contributed by atoms with Crippen LogP contribution in [0.2, 0.25) is 0 Å². The highest BCUT2D eigenvalue weighted by atomic mass is 32.2. The zero-order valence-corrected chi connectivity index (χ0v) is 17.4. The lowest BCUT2D eigenvalue weighted by Crippen LogP contribution is -2.32. The fourth-order valence-corrected chi connectivity index (χ4v) is 3.70. The van der Waals surface area contributed by atoms with Crippen LogP contribution in [-0.4, -0.2) is 38.0 Å². The summed E-state index contributed by atoms with van der Waals surface area (Å²) in [6.07, 6.45) is 3.30. The molecule has 0 spiro atoms. The van der Waals surface area contributed by atoms with Crippen LogP contribution in [-0.2, 0) is 17.1 Å². The normalized spacial score (nSPS) is 12.4. The van der Waals surface area contributed by atoms with Crippen LogP contribution in [0, 0.1) is 5.82 Å². The van der Waals surface area contributed by atoms with Gasteiger partial charge in [-0.05, 0) is 42.9 Å². The maximum Gasteiger partial charge on any atom is 0.255 e. The number of benzene rings is 2. The Morgan fingerprint density at radius 3 is 2.63 bits per heavy atom. The number of hydrogen-bond donors (Lipinski definition) is 2. The lowest BCUT2D eigenvalue weighted by molar-refractivity contribution is 0.0936. The third-order valence-corrected chi connectivity index (χ3v) is 5.99. The van der Waals surface area contributed by atoms with Crippen molar-refractivity contribution in [3.63, 3.8) is 0 Å². The van der Waals surface area contributed by atoms with Gasteiger partial charge in [-0.3, -0.25) is 4.79 Å². The highest BCUT2D eigenvalue weighted by Crippen LogP contribution is 2.25. The number of nitrogens with zero attached hydrogens (tertiary/aromatic N) is 2. The van der Waals surface area contributed by atoms with E-state index in [9.17, 15) is 17.6 Å². The number of nitrogens with one attached hydrogen (secondary N) is 2. The topological polar surface area (TPSA) is 102 Å². The van der Waals surface area contributed by atoms with E-state index < -0.39 is 33.4 Å². The molecule has 0 saturated carbocycles. The monoisotopic (exact) mass is 432 g/mol. The van der Waals surface area contributed by atoms with Gasteiger partial charge in [-0.1, -0.05) is 12.1 Å². The molecule has 1 atom stereocenters. The van der Waals surface area contributed by atoms with E-state index in [1.165, 1.54) is 14.2 Å². The predicted molar refractivity (Wildman–Crippen MR) is 108 cm³/mol. The van der Waals surface area contributed by atoms with E-state index in [1.807, 2.05) is 0 Å². The molecule has 1 unspecified atom stereocenters. The molecule has 10 heteroatoms. The molecule has 0 aliphatic rings. The Hall–Kier alpha value is -3.24. The summed E-state index contributed by atoms with van der Waals surface area (Å²) >= 11 is 0. The Morgan fingerprint density at radius 2 is 2.00 bits per heavy atom. The van der Waals surface area contributed by atoms with Crippen LogP contribution in [0.25, 0.3) is 0 Å².